The number of nitrogens with two attached hydrogens (primary N) is 1. The number of rotatable bonds is 5. The Labute approximate surface area is 139 Å². The first-order valence-corrected chi connectivity index (χ1v) is 7.85. The number of unbranched alkanes of at least 4 members (excludes halogenated alkanes) is 2. The van der Waals surface area contributed by atoms with E-state index in [2.05, 4.69) is 11.9 Å². The standard InChI is InChI=1S/C18H21N3O3/c1-3-4-5-6-15-17(23)20-14(18(24)21(15)2)11-12-7-9-13(10-8-12)16(19)22/h6-11H,3-5H2,1-2H3,(H2,19,22)(H,20,23). The lowest BCUT2D eigenvalue weighted by Crippen LogP contribution is -2.52. The Morgan fingerprint density at radius 3 is 2.50 bits per heavy atom. The Morgan fingerprint density at radius 2 is 1.92 bits per heavy atom. The molecule has 3 N–H and O–H groups in total. The minimum Gasteiger partial charge on any atom is -0.366 e. The summed E-state index contributed by atoms with van der Waals surface area (Å²) < 4.78 is 1.36. The van der Waals surface area contributed by atoms with E-state index in [0.717, 1.165) is 19.3 Å². The normalized spacial score (nSPS) is 12.6. The summed E-state index contributed by atoms with van der Waals surface area (Å²) in [7, 11) is 1.59. The predicted molar refractivity (Wildman–Crippen MR) is 94.1 cm³/mol. The average molecular weight is 327 g/mol. The molecule has 0 fully saturated rings. The monoisotopic (exact) mass is 327 g/mol. The molecule has 2 aromatic rings. The van der Waals surface area contributed by atoms with E-state index in [4.69, 9.17) is 5.73 Å². The van der Waals surface area contributed by atoms with E-state index in [9.17, 15) is 14.4 Å². The van der Waals surface area contributed by atoms with Crippen LogP contribution in [0.3, 0.4) is 0 Å². The summed E-state index contributed by atoms with van der Waals surface area (Å²) in [5.74, 6) is -0.516. The number of nitrogens with one attached hydrogen (secondary N) is 1. The number of H-pyrrole nitrogens is 1. The Balaban J connectivity index is 2.52. The van der Waals surface area contributed by atoms with Gasteiger partial charge in [0.15, 0.2) is 0 Å². The molecule has 6 nitrogen and oxygen atoms in total. The molecule has 0 aliphatic rings. The van der Waals surface area contributed by atoms with Gasteiger partial charge in [0.25, 0.3) is 11.1 Å². The van der Waals surface area contributed by atoms with Gasteiger partial charge >= 0.3 is 0 Å². The van der Waals surface area contributed by atoms with Crippen molar-refractivity contribution in [1.82, 2.24) is 9.55 Å². The molecule has 0 bridgehead atoms. The fraction of sp³-hybridized carbons (Fsp3) is 0.278. The Kier molecular flexibility index (Phi) is 5.52. The Hall–Kier alpha value is -2.89. The lowest BCUT2D eigenvalue weighted by atomic mass is 10.1. The van der Waals surface area contributed by atoms with Crippen molar-refractivity contribution >= 4 is 18.1 Å². The van der Waals surface area contributed by atoms with Crippen molar-refractivity contribution in [2.45, 2.75) is 26.2 Å². The van der Waals surface area contributed by atoms with Gasteiger partial charge in [-0.15, -0.1) is 0 Å². The molecule has 0 radical (unpaired) electrons. The van der Waals surface area contributed by atoms with E-state index in [-0.39, 0.29) is 16.5 Å². The topological polar surface area (TPSA) is 97.9 Å². The second-order valence-corrected chi connectivity index (χ2v) is 5.59. The highest BCUT2D eigenvalue weighted by atomic mass is 16.1. The summed E-state index contributed by atoms with van der Waals surface area (Å²) in [6.45, 7) is 2.07. The number of hydrogen-bond acceptors (Lipinski definition) is 3. The van der Waals surface area contributed by atoms with Crippen LogP contribution < -0.4 is 27.6 Å². The number of nitrogens with zero attached hydrogens (tertiary/aromatic N) is 1. The van der Waals surface area contributed by atoms with E-state index < -0.39 is 5.91 Å². The van der Waals surface area contributed by atoms with Crippen molar-refractivity contribution in [2.24, 2.45) is 12.8 Å². The largest absolute Gasteiger partial charge is 0.366 e. The van der Waals surface area contributed by atoms with Gasteiger partial charge in [0.2, 0.25) is 5.91 Å². The van der Waals surface area contributed by atoms with E-state index in [0.29, 0.717) is 16.5 Å². The van der Waals surface area contributed by atoms with Crippen LogP contribution in [0.4, 0.5) is 0 Å². The summed E-state index contributed by atoms with van der Waals surface area (Å²) in [6.07, 6.45) is 6.10. The summed E-state index contributed by atoms with van der Waals surface area (Å²) in [5, 5.41) is 0.566. The molecule has 0 saturated carbocycles. The molecule has 0 saturated heterocycles. The molecule has 0 spiro atoms. The third-order valence-corrected chi connectivity index (χ3v) is 3.78. The van der Waals surface area contributed by atoms with Gasteiger partial charge in [-0.25, -0.2) is 0 Å². The highest BCUT2D eigenvalue weighted by Gasteiger charge is 2.02. The number of amides is 1. The maximum absolute atomic E-state index is 12.4. The lowest BCUT2D eigenvalue weighted by Gasteiger charge is -2.00. The smallest absolute Gasteiger partial charge is 0.274 e. The zero-order chi connectivity index (χ0) is 17.7. The van der Waals surface area contributed by atoms with E-state index in [1.807, 2.05) is 0 Å². The molecule has 0 aliphatic heterocycles. The molecule has 2 rings (SSSR count). The van der Waals surface area contributed by atoms with Crippen LogP contribution >= 0.6 is 0 Å². The molecule has 6 heteroatoms. The Morgan fingerprint density at radius 1 is 1.25 bits per heavy atom. The first-order chi connectivity index (χ1) is 11.4. The Bertz CT molecular complexity index is 967. The molecule has 24 heavy (non-hydrogen) atoms. The van der Waals surface area contributed by atoms with Gasteiger partial charge in [-0.2, -0.15) is 0 Å². The zero-order valence-electron chi connectivity index (χ0n) is 13.8. The van der Waals surface area contributed by atoms with Crippen LogP contribution in [-0.2, 0) is 7.05 Å². The predicted octanol–water partition coefficient (Wildman–Crippen LogP) is -0.0280. The van der Waals surface area contributed by atoms with Crippen molar-refractivity contribution in [3.63, 3.8) is 0 Å². The number of primary amides is 1. The maximum Gasteiger partial charge on any atom is 0.274 e. The minimum atomic E-state index is -0.516. The van der Waals surface area contributed by atoms with Gasteiger partial charge in [-0.3, -0.25) is 14.4 Å². The summed E-state index contributed by atoms with van der Waals surface area (Å²) in [6, 6.07) is 6.48. The second kappa shape index (κ2) is 7.59. The molecule has 1 aromatic carbocycles. The van der Waals surface area contributed by atoms with Crippen LogP contribution in [0.1, 0.15) is 42.1 Å². The van der Waals surface area contributed by atoms with Crippen molar-refractivity contribution in [2.75, 3.05) is 0 Å². The summed E-state index contributed by atoms with van der Waals surface area (Å²) >= 11 is 0. The minimum absolute atomic E-state index is 0.196. The fourth-order valence-electron chi connectivity index (χ4n) is 2.36. The molecule has 0 aliphatic carbocycles. The third kappa shape index (κ3) is 3.90. The van der Waals surface area contributed by atoms with Crippen LogP contribution in [0.2, 0.25) is 0 Å². The van der Waals surface area contributed by atoms with Crippen molar-refractivity contribution in [3.8, 4) is 0 Å². The van der Waals surface area contributed by atoms with Gasteiger partial charge in [-0.05, 0) is 36.6 Å². The molecule has 126 valence electrons. The lowest BCUT2D eigenvalue weighted by molar-refractivity contribution is 0.100. The van der Waals surface area contributed by atoms with Gasteiger partial charge in [0.05, 0.1) is 0 Å². The van der Waals surface area contributed by atoms with E-state index in [1.165, 1.54) is 4.57 Å². The van der Waals surface area contributed by atoms with E-state index >= 15 is 0 Å². The molecular formula is C18H21N3O3. The van der Waals surface area contributed by atoms with Gasteiger partial charge in [-0.1, -0.05) is 31.6 Å². The number of benzene rings is 1. The quantitative estimate of drug-likeness (QED) is 0.755. The molecule has 1 heterocycles. The van der Waals surface area contributed by atoms with Gasteiger partial charge < -0.3 is 15.3 Å². The van der Waals surface area contributed by atoms with Crippen molar-refractivity contribution in [1.29, 1.82) is 0 Å². The number of carbonyl (C=O) groups excluding carboxylic acids is 1. The first kappa shape index (κ1) is 17.5. The summed E-state index contributed by atoms with van der Waals surface area (Å²) in [4.78, 5) is 38.3. The van der Waals surface area contributed by atoms with Crippen LogP contribution in [0.15, 0.2) is 33.9 Å². The fourth-order valence-corrected chi connectivity index (χ4v) is 2.36. The molecule has 1 aromatic heterocycles. The van der Waals surface area contributed by atoms with Crippen LogP contribution in [0.5, 0.6) is 0 Å². The SMILES string of the molecule is CCCCC=c1c(=O)[nH]c(=Cc2ccc(C(N)=O)cc2)c(=O)n1C. The highest BCUT2D eigenvalue weighted by molar-refractivity contribution is 5.92. The molecule has 0 unspecified atom stereocenters. The van der Waals surface area contributed by atoms with E-state index in [1.54, 1.807) is 43.5 Å². The molecule has 1 amide bonds. The number of hydrogen-bond donors (Lipinski definition) is 2. The number of aromatic amines is 1. The van der Waals surface area contributed by atoms with Gasteiger partial charge in [0, 0.05) is 12.6 Å². The maximum atomic E-state index is 12.4. The van der Waals surface area contributed by atoms with Crippen molar-refractivity contribution in [3.05, 3.63) is 66.8 Å². The molecule has 0 atom stereocenters. The third-order valence-electron chi connectivity index (χ3n) is 3.78. The average Bonchev–Trinajstić information content (AvgIpc) is 2.56. The number of carbonyl (C=O) groups is 1. The summed E-state index contributed by atoms with van der Waals surface area (Å²) in [5.41, 5.74) is 5.69. The zero-order valence-corrected chi connectivity index (χ0v) is 13.8. The first-order valence-electron chi connectivity index (χ1n) is 7.85. The van der Waals surface area contributed by atoms with Crippen LogP contribution in [-0.4, -0.2) is 15.5 Å². The highest BCUT2D eigenvalue weighted by Crippen LogP contribution is 2.03. The van der Waals surface area contributed by atoms with Crippen LogP contribution in [0.25, 0.3) is 12.2 Å². The van der Waals surface area contributed by atoms with Crippen molar-refractivity contribution < 1.29 is 4.79 Å². The second-order valence-electron chi connectivity index (χ2n) is 5.59. The van der Waals surface area contributed by atoms with Crippen LogP contribution in [0, 0.1) is 0 Å². The van der Waals surface area contributed by atoms with Gasteiger partial charge in [0.1, 0.15) is 10.7 Å². The molecular weight excluding hydrogens is 306 g/mol. The number of aromatic nitrogens is 2.